The SMILES string of the molecule is O=C(Cc1cc(Br)ccc1F)c1cn(C2CNC2)nn1. The van der Waals surface area contributed by atoms with Crippen molar-refractivity contribution < 1.29 is 9.18 Å². The topological polar surface area (TPSA) is 59.8 Å². The summed E-state index contributed by atoms with van der Waals surface area (Å²) in [5.41, 5.74) is 0.625. The van der Waals surface area contributed by atoms with Gasteiger partial charge in [-0.2, -0.15) is 0 Å². The Morgan fingerprint density at radius 3 is 3.00 bits per heavy atom. The Morgan fingerprint density at radius 2 is 2.30 bits per heavy atom. The molecule has 104 valence electrons. The van der Waals surface area contributed by atoms with Gasteiger partial charge in [0, 0.05) is 24.0 Å². The monoisotopic (exact) mass is 338 g/mol. The van der Waals surface area contributed by atoms with Crippen LogP contribution in [0.5, 0.6) is 0 Å². The molecule has 0 amide bonds. The van der Waals surface area contributed by atoms with E-state index in [9.17, 15) is 9.18 Å². The summed E-state index contributed by atoms with van der Waals surface area (Å²) in [5.74, 6) is -0.627. The fourth-order valence-corrected chi connectivity index (χ4v) is 2.39. The largest absolute Gasteiger partial charge is 0.312 e. The summed E-state index contributed by atoms with van der Waals surface area (Å²) in [6.07, 6.45) is 1.61. The molecule has 0 atom stereocenters. The van der Waals surface area contributed by atoms with E-state index in [0.717, 1.165) is 17.6 Å². The third kappa shape index (κ3) is 2.64. The second kappa shape index (κ2) is 5.41. The molecule has 1 aliphatic heterocycles. The number of ketones is 1. The van der Waals surface area contributed by atoms with Crippen molar-refractivity contribution in [1.29, 1.82) is 0 Å². The molecule has 0 spiro atoms. The van der Waals surface area contributed by atoms with Gasteiger partial charge in [0.1, 0.15) is 11.5 Å². The van der Waals surface area contributed by atoms with E-state index in [0.29, 0.717) is 5.56 Å². The van der Waals surface area contributed by atoms with E-state index in [1.165, 1.54) is 6.07 Å². The highest BCUT2D eigenvalue weighted by Gasteiger charge is 2.22. The molecule has 1 N–H and O–H groups in total. The summed E-state index contributed by atoms with van der Waals surface area (Å²) in [4.78, 5) is 12.1. The number of Topliss-reactive ketones (excluding diaryl/α,β-unsaturated/α-hetero) is 1. The maximum atomic E-state index is 13.6. The third-order valence-electron chi connectivity index (χ3n) is 3.29. The third-order valence-corrected chi connectivity index (χ3v) is 3.78. The fraction of sp³-hybridized carbons (Fsp3) is 0.308. The number of hydrogen-bond acceptors (Lipinski definition) is 4. The molecule has 2 heterocycles. The number of rotatable bonds is 4. The van der Waals surface area contributed by atoms with Crippen molar-refractivity contribution in [2.75, 3.05) is 13.1 Å². The Labute approximate surface area is 123 Å². The lowest BCUT2D eigenvalue weighted by atomic mass is 10.1. The van der Waals surface area contributed by atoms with Gasteiger partial charge >= 0.3 is 0 Å². The lowest BCUT2D eigenvalue weighted by Gasteiger charge is -2.26. The van der Waals surface area contributed by atoms with E-state index in [4.69, 9.17) is 0 Å². The average Bonchev–Trinajstić information content (AvgIpc) is 2.81. The Balaban J connectivity index is 1.75. The summed E-state index contributed by atoms with van der Waals surface area (Å²) in [7, 11) is 0. The van der Waals surface area contributed by atoms with Gasteiger partial charge in [-0.15, -0.1) is 5.10 Å². The lowest BCUT2D eigenvalue weighted by Crippen LogP contribution is -2.43. The van der Waals surface area contributed by atoms with E-state index in [1.54, 1.807) is 23.0 Å². The van der Waals surface area contributed by atoms with E-state index < -0.39 is 5.82 Å². The van der Waals surface area contributed by atoms with Crippen LogP contribution in [0.1, 0.15) is 22.1 Å². The summed E-state index contributed by atoms with van der Waals surface area (Å²) >= 11 is 3.27. The minimum Gasteiger partial charge on any atom is -0.312 e. The summed E-state index contributed by atoms with van der Waals surface area (Å²) in [6, 6.07) is 4.80. The van der Waals surface area contributed by atoms with Crippen molar-refractivity contribution in [1.82, 2.24) is 20.3 Å². The molecular formula is C13H12BrFN4O. The molecule has 20 heavy (non-hydrogen) atoms. The van der Waals surface area contributed by atoms with Gasteiger partial charge in [-0.25, -0.2) is 9.07 Å². The first kappa shape index (κ1) is 13.4. The zero-order valence-corrected chi connectivity index (χ0v) is 12.1. The second-order valence-electron chi connectivity index (χ2n) is 4.73. The summed E-state index contributed by atoms with van der Waals surface area (Å²) in [6.45, 7) is 1.66. The van der Waals surface area contributed by atoms with Crippen LogP contribution in [0.3, 0.4) is 0 Å². The van der Waals surface area contributed by atoms with Gasteiger partial charge in [0.05, 0.1) is 12.2 Å². The molecule has 2 aromatic rings. The Bertz CT molecular complexity index is 654. The standard InChI is InChI=1S/C13H12BrFN4O/c14-9-1-2-11(15)8(3-9)4-13(20)12-7-19(18-17-12)10-5-16-6-10/h1-3,7,10,16H,4-6H2. The van der Waals surface area contributed by atoms with Gasteiger partial charge in [-0.3, -0.25) is 4.79 Å². The van der Waals surface area contributed by atoms with Crippen LogP contribution < -0.4 is 5.32 Å². The van der Waals surface area contributed by atoms with Crippen LogP contribution in [0.2, 0.25) is 0 Å². The zero-order chi connectivity index (χ0) is 14.1. The number of carbonyl (C=O) groups is 1. The molecule has 7 heteroatoms. The quantitative estimate of drug-likeness (QED) is 0.863. The number of aromatic nitrogens is 3. The Hall–Kier alpha value is -1.60. The highest BCUT2D eigenvalue weighted by atomic mass is 79.9. The molecule has 3 rings (SSSR count). The van der Waals surface area contributed by atoms with Crippen molar-refractivity contribution in [3.63, 3.8) is 0 Å². The minimum atomic E-state index is -0.392. The highest BCUT2D eigenvalue weighted by molar-refractivity contribution is 9.10. The number of hydrogen-bond donors (Lipinski definition) is 1. The molecule has 0 aliphatic carbocycles. The number of nitrogens with one attached hydrogen (secondary N) is 1. The van der Waals surface area contributed by atoms with Crippen molar-refractivity contribution >= 4 is 21.7 Å². The van der Waals surface area contributed by atoms with E-state index >= 15 is 0 Å². The van der Waals surface area contributed by atoms with Crippen molar-refractivity contribution in [3.8, 4) is 0 Å². The van der Waals surface area contributed by atoms with Gasteiger partial charge < -0.3 is 5.32 Å². The smallest absolute Gasteiger partial charge is 0.189 e. The molecule has 0 saturated carbocycles. The maximum Gasteiger partial charge on any atom is 0.189 e. The second-order valence-corrected chi connectivity index (χ2v) is 5.65. The summed E-state index contributed by atoms with van der Waals surface area (Å²) in [5, 5.41) is 10.9. The minimum absolute atomic E-state index is 0.0209. The van der Waals surface area contributed by atoms with E-state index in [2.05, 4.69) is 31.6 Å². The van der Waals surface area contributed by atoms with Gasteiger partial charge in [0.2, 0.25) is 0 Å². The summed E-state index contributed by atoms with van der Waals surface area (Å²) < 4.78 is 16.0. The van der Waals surface area contributed by atoms with Crippen LogP contribution in [0.4, 0.5) is 4.39 Å². The molecule has 0 bridgehead atoms. The highest BCUT2D eigenvalue weighted by Crippen LogP contribution is 2.17. The molecule has 1 aliphatic rings. The number of halogens is 2. The van der Waals surface area contributed by atoms with Gasteiger partial charge in [0.15, 0.2) is 5.78 Å². The van der Waals surface area contributed by atoms with Crippen LogP contribution in [0, 0.1) is 5.82 Å². The molecule has 1 aromatic heterocycles. The molecule has 1 saturated heterocycles. The van der Waals surface area contributed by atoms with Crippen LogP contribution >= 0.6 is 15.9 Å². The van der Waals surface area contributed by atoms with Crippen molar-refractivity contribution in [2.24, 2.45) is 0 Å². The van der Waals surface area contributed by atoms with Crippen LogP contribution in [0.25, 0.3) is 0 Å². The Kier molecular flexibility index (Phi) is 3.62. The first-order valence-electron chi connectivity index (χ1n) is 6.23. The van der Waals surface area contributed by atoms with E-state index in [-0.39, 0.29) is 23.9 Å². The molecule has 0 unspecified atom stereocenters. The lowest BCUT2D eigenvalue weighted by molar-refractivity contribution is 0.0987. The zero-order valence-electron chi connectivity index (χ0n) is 10.5. The first-order chi connectivity index (χ1) is 9.63. The number of benzene rings is 1. The fourth-order valence-electron chi connectivity index (χ4n) is 1.99. The van der Waals surface area contributed by atoms with Crippen LogP contribution in [0.15, 0.2) is 28.9 Å². The predicted octanol–water partition coefficient (Wildman–Crippen LogP) is 1.75. The molecule has 1 fully saturated rings. The van der Waals surface area contributed by atoms with Gasteiger partial charge in [-0.1, -0.05) is 21.1 Å². The molecule has 0 radical (unpaired) electrons. The van der Waals surface area contributed by atoms with Crippen molar-refractivity contribution in [2.45, 2.75) is 12.5 Å². The molecule has 5 nitrogen and oxygen atoms in total. The normalized spacial score (nSPS) is 15.1. The first-order valence-corrected chi connectivity index (χ1v) is 7.02. The van der Waals surface area contributed by atoms with Gasteiger partial charge in [0.25, 0.3) is 0 Å². The van der Waals surface area contributed by atoms with Gasteiger partial charge in [-0.05, 0) is 23.8 Å². The predicted molar refractivity (Wildman–Crippen MR) is 74.1 cm³/mol. The van der Waals surface area contributed by atoms with E-state index in [1.807, 2.05) is 0 Å². The molecular weight excluding hydrogens is 327 g/mol. The number of nitrogens with zero attached hydrogens (tertiary/aromatic N) is 3. The van der Waals surface area contributed by atoms with Crippen molar-refractivity contribution in [3.05, 3.63) is 45.9 Å². The molecule has 1 aromatic carbocycles. The van der Waals surface area contributed by atoms with Crippen LogP contribution in [-0.2, 0) is 6.42 Å². The Morgan fingerprint density at radius 1 is 1.50 bits per heavy atom. The maximum absolute atomic E-state index is 13.6. The van der Waals surface area contributed by atoms with Crippen LogP contribution in [-0.4, -0.2) is 33.9 Å². The average molecular weight is 339 g/mol. The number of carbonyl (C=O) groups excluding carboxylic acids is 1.